The van der Waals surface area contributed by atoms with Crippen LogP contribution < -0.4 is 9.47 Å². The Kier molecular flexibility index (Phi) is 7.23. The van der Waals surface area contributed by atoms with Crippen molar-refractivity contribution in [2.75, 3.05) is 0 Å². The van der Waals surface area contributed by atoms with E-state index in [2.05, 4.69) is 13.0 Å². The fourth-order valence-electron chi connectivity index (χ4n) is 4.66. The quantitative estimate of drug-likeness (QED) is 0.303. The van der Waals surface area contributed by atoms with Crippen molar-refractivity contribution in [3.8, 4) is 11.5 Å². The van der Waals surface area contributed by atoms with Crippen molar-refractivity contribution < 1.29 is 19.1 Å². The summed E-state index contributed by atoms with van der Waals surface area (Å²) in [7, 11) is 0. The second-order valence-electron chi connectivity index (χ2n) is 8.62. The Morgan fingerprint density at radius 3 is 1.82 bits per heavy atom. The Morgan fingerprint density at radius 1 is 0.788 bits per heavy atom. The van der Waals surface area contributed by atoms with Crippen LogP contribution in [0.3, 0.4) is 0 Å². The van der Waals surface area contributed by atoms with Crippen LogP contribution in [0, 0.1) is 6.92 Å². The molecule has 0 atom stereocenters. The largest absolute Gasteiger partial charge is 0.419 e. The first-order chi connectivity index (χ1) is 16.1. The molecule has 1 aliphatic rings. The van der Waals surface area contributed by atoms with Gasteiger partial charge in [0.05, 0.1) is 11.1 Å². The summed E-state index contributed by atoms with van der Waals surface area (Å²) in [4.78, 5) is 26.1. The maximum Gasteiger partial charge on any atom is 0.343 e. The molecule has 0 unspecified atom stereocenters. The van der Waals surface area contributed by atoms with Crippen LogP contribution >= 0.6 is 0 Å². The van der Waals surface area contributed by atoms with Crippen LogP contribution in [0.2, 0.25) is 0 Å². The second-order valence-corrected chi connectivity index (χ2v) is 8.62. The third kappa shape index (κ3) is 5.16. The van der Waals surface area contributed by atoms with Gasteiger partial charge >= 0.3 is 11.9 Å². The molecule has 0 aliphatic heterocycles. The van der Waals surface area contributed by atoms with E-state index in [0.717, 1.165) is 48.8 Å². The monoisotopic (exact) mass is 442 g/mol. The number of benzene rings is 3. The smallest absolute Gasteiger partial charge is 0.343 e. The van der Waals surface area contributed by atoms with E-state index < -0.39 is 11.9 Å². The molecule has 0 spiro atoms. The molecule has 0 saturated heterocycles. The summed E-state index contributed by atoms with van der Waals surface area (Å²) in [6, 6.07) is 19.9. The molecule has 4 rings (SSSR count). The van der Waals surface area contributed by atoms with Crippen LogP contribution in [0.1, 0.15) is 82.4 Å². The number of esters is 2. The van der Waals surface area contributed by atoms with E-state index in [4.69, 9.17) is 9.47 Å². The zero-order chi connectivity index (χ0) is 23.2. The molecule has 4 nitrogen and oxygen atoms in total. The van der Waals surface area contributed by atoms with Crippen LogP contribution in [0.4, 0.5) is 0 Å². The first-order valence-corrected chi connectivity index (χ1v) is 11.8. The molecular weight excluding hydrogens is 412 g/mol. The fourth-order valence-corrected chi connectivity index (χ4v) is 4.66. The minimum absolute atomic E-state index is 0.280. The van der Waals surface area contributed by atoms with E-state index in [1.54, 1.807) is 36.4 Å². The first-order valence-electron chi connectivity index (χ1n) is 11.8. The Balaban J connectivity index is 1.81. The molecule has 0 bridgehead atoms. The molecule has 1 aliphatic carbocycles. The molecule has 1 saturated carbocycles. The Hall–Kier alpha value is -3.40. The Labute approximate surface area is 195 Å². The van der Waals surface area contributed by atoms with Crippen molar-refractivity contribution in [1.82, 2.24) is 0 Å². The van der Waals surface area contributed by atoms with E-state index in [9.17, 15) is 9.59 Å². The van der Waals surface area contributed by atoms with Gasteiger partial charge in [-0.05, 0) is 67.5 Å². The van der Waals surface area contributed by atoms with Crippen LogP contribution in [0.5, 0.6) is 11.5 Å². The summed E-state index contributed by atoms with van der Waals surface area (Å²) < 4.78 is 12.0. The number of ether oxygens (including phenoxy) is 2. The fraction of sp³-hybridized carbons (Fsp3) is 0.310. The maximum atomic E-state index is 13.1. The number of hydrogen-bond acceptors (Lipinski definition) is 4. The lowest BCUT2D eigenvalue weighted by Gasteiger charge is -2.28. The number of carbonyl (C=O) groups excluding carboxylic acids is 2. The molecule has 33 heavy (non-hydrogen) atoms. The predicted octanol–water partition coefficient (Wildman–Crippen LogP) is 7.04. The summed E-state index contributed by atoms with van der Waals surface area (Å²) in [6.07, 6.45) is 6.41. The van der Waals surface area contributed by atoms with Crippen LogP contribution in [0.15, 0.2) is 66.7 Å². The standard InChI is InChI=1S/C29H30O4/c1-3-21-19-20(2)26(32-28(30)23-15-9-5-10-16-23)27(25(21)22-13-7-4-8-14-22)33-29(31)24-17-11-6-12-18-24/h5-6,9-12,15-19,22H,3-4,7-8,13-14H2,1-2H3. The van der Waals surface area contributed by atoms with Gasteiger partial charge in [-0.25, -0.2) is 9.59 Å². The zero-order valence-corrected chi connectivity index (χ0v) is 19.3. The molecule has 0 N–H and O–H groups in total. The van der Waals surface area contributed by atoms with Gasteiger partial charge in [0.2, 0.25) is 0 Å². The molecular formula is C29H30O4. The zero-order valence-electron chi connectivity index (χ0n) is 19.3. The number of hydrogen-bond donors (Lipinski definition) is 0. The average molecular weight is 443 g/mol. The molecule has 1 fully saturated rings. The van der Waals surface area contributed by atoms with Gasteiger partial charge < -0.3 is 9.47 Å². The van der Waals surface area contributed by atoms with Crippen molar-refractivity contribution >= 4 is 11.9 Å². The van der Waals surface area contributed by atoms with Crippen molar-refractivity contribution in [2.24, 2.45) is 0 Å². The molecule has 0 aromatic heterocycles. The van der Waals surface area contributed by atoms with Gasteiger partial charge in [-0.1, -0.05) is 68.7 Å². The molecule has 4 heteroatoms. The first kappa shape index (κ1) is 22.8. The molecule has 0 amide bonds. The van der Waals surface area contributed by atoms with Crippen LogP contribution in [-0.2, 0) is 6.42 Å². The summed E-state index contributed by atoms with van der Waals surface area (Å²) >= 11 is 0. The SMILES string of the molecule is CCc1cc(C)c(OC(=O)c2ccccc2)c(OC(=O)c2ccccc2)c1C1CCCCC1. The highest BCUT2D eigenvalue weighted by molar-refractivity contribution is 5.93. The maximum absolute atomic E-state index is 13.1. The van der Waals surface area contributed by atoms with E-state index in [-0.39, 0.29) is 5.92 Å². The van der Waals surface area contributed by atoms with E-state index in [1.807, 2.05) is 31.2 Å². The van der Waals surface area contributed by atoms with Gasteiger partial charge in [-0.3, -0.25) is 0 Å². The molecule has 3 aromatic carbocycles. The summed E-state index contributed by atoms with van der Waals surface area (Å²) in [5, 5.41) is 0. The van der Waals surface area contributed by atoms with E-state index in [1.165, 1.54) is 6.42 Å². The number of aryl methyl sites for hydroxylation is 2. The van der Waals surface area contributed by atoms with Crippen molar-refractivity contribution in [1.29, 1.82) is 0 Å². The minimum Gasteiger partial charge on any atom is -0.419 e. The summed E-state index contributed by atoms with van der Waals surface area (Å²) in [5.74, 6) is 0.108. The lowest BCUT2D eigenvalue weighted by molar-refractivity contribution is 0.0679. The van der Waals surface area contributed by atoms with Gasteiger partial charge in [0.25, 0.3) is 0 Å². The number of carbonyl (C=O) groups is 2. The molecule has 0 radical (unpaired) electrons. The highest BCUT2D eigenvalue weighted by Gasteiger charge is 2.29. The van der Waals surface area contributed by atoms with Gasteiger partial charge in [0, 0.05) is 5.56 Å². The third-order valence-electron chi connectivity index (χ3n) is 6.35. The van der Waals surface area contributed by atoms with Crippen LogP contribution in [-0.4, -0.2) is 11.9 Å². The van der Waals surface area contributed by atoms with E-state index >= 15 is 0 Å². The number of rotatable bonds is 6. The van der Waals surface area contributed by atoms with Crippen molar-refractivity contribution in [2.45, 2.75) is 58.3 Å². The summed E-state index contributed by atoms with van der Waals surface area (Å²) in [5.41, 5.74) is 3.87. The normalized spacial score (nSPS) is 14.0. The van der Waals surface area contributed by atoms with Gasteiger partial charge in [-0.15, -0.1) is 0 Å². The van der Waals surface area contributed by atoms with Gasteiger partial charge in [-0.2, -0.15) is 0 Å². The molecule has 0 heterocycles. The lowest BCUT2D eigenvalue weighted by Crippen LogP contribution is -2.18. The van der Waals surface area contributed by atoms with E-state index in [0.29, 0.717) is 22.6 Å². The highest BCUT2D eigenvalue weighted by Crippen LogP contribution is 2.46. The minimum atomic E-state index is -0.463. The van der Waals surface area contributed by atoms with Crippen LogP contribution in [0.25, 0.3) is 0 Å². The molecule has 170 valence electrons. The average Bonchev–Trinajstić information content (AvgIpc) is 2.87. The van der Waals surface area contributed by atoms with Crippen molar-refractivity contribution in [3.63, 3.8) is 0 Å². The molecule has 3 aromatic rings. The topological polar surface area (TPSA) is 52.6 Å². The van der Waals surface area contributed by atoms with Gasteiger partial charge in [0.15, 0.2) is 11.5 Å². The highest BCUT2D eigenvalue weighted by atomic mass is 16.6. The van der Waals surface area contributed by atoms with Crippen molar-refractivity contribution in [3.05, 3.63) is 94.5 Å². The predicted molar refractivity (Wildman–Crippen MR) is 129 cm³/mol. The Bertz CT molecular complexity index is 1110. The lowest BCUT2D eigenvalue weighted by atomic mass is 9.80. The third-order valence-corrected chi connectivity index (χ3v) is 6.35. The second kappa shape index (κ2) is 10.5. The Morgan fingerprint density at radius 2 is 1.30 bits per heavy atom. The summed E-state index contributed by atoms with van der Waals surface area (Å²) in [6.45, 7) is 4.01. The van der Waals surface area contributed by atoms with Gasteiger partial charge in [0.1, 0.15) is 0 Å².